The number of hydrogen-bond acceptors (Lipinski definition) is 3. The number of hydrogen-bond donors (Lipinski definition) is 1. The van der Waals surface area contributed by atoms with E-state index in [0.29, 0.717) is 6.54 Å². The molecular weight excluding hydrogens is 228 g/mol. The molecule has 1 heterocycles. The fourth-order valence-corrected chi connectivity index (χ4v) is 1.29. The van der Waals surface area contributed by atoms with Gasteiger partial charge in [-0.2, -0.15) is 0 Å². The first-order valence-corrected chi connectivity index (χ1v) is 5.05. The fraction of sp³-hybridized carbons (Fsp3) is 0.545. The molecule has 1 rings (SSSR count). The summed E-state index contributed by atoms with van der Waals surface area (Å²) < 4.78 is 5.17. The molecule has 1 aromatic heterocycles. The third-order valence-corrected chi connectivity index (χ3v) is 2.53. The van der Waals surface area contributed by atoms with E-state index in [1.54, 1.807) is 18.2 Å². The summed E-state index contributed by atoms with van der Waals surface area (Å²) in [5, 5.41) is 0. The lowest BCUT2D eigenvalue weighted by molar-refractivity contribution is -0.134. The van der Waals surface area contributed by atoms with Crippen LogP contribution in [0.15, 0.2) is 22.8 Å². The first-order chi connectivity index (χ1) is 7.02. The quantitative estimate of drug-likeness (QED) is 0.879. The van der Waals surface area contributed by atoms with E-state index in [2.05, 4.69) is 0 Å². The molecule has 4 nitrogen and oxygen atoms in total. The summed E-state index contributed by atoms with van der Waals surface area (Å²) in [5.74, 6) is 0.661. The van der Waals surface area contributed by atoms with Crippen LogP contribution in [0.5, 0.6) is 0 Å². The Hall–Kier alpha value is -1.00. The fourth-order valence-electron chi connectivity index (χ4n) is 1.29. The highest BCUT2D eigenvalue weighted by atomic mass is 35.5. The Morgan fingerprint density at radius 2 is 2.19 bits per heavy atom. The van der Waals surface area contributed by atoms with Crippen LogP contribution in [0.2, 0.25) is 0 Å². The number of carbonyl (C=O) groups excluding carboxylic acids is 1. The van der Waals surface area contributed by atoms with E-state index >= 15 is 0 Å². The molecule has 0 aliphatic heterocycles. The summed E-state index contributed by atoms with van der Waals surface area (Å²) in [7, 11) is 1.75. The van der Waals surface area contributed by atoms with Crippen molar-refractivity contribution in [3.8, 4) is 0 Å². The average Bonchev–Trinajstić information content (AvgIpc) is 2.67. The van der Waals surface area contributed by atoms with E-state index in [1.807, 2.05) is 26.0 Å². The second-order valence-corrected chi connectivity index (χ2v) is 3.92. The molecule has 0 fully saturated rings. The molecular formula is C11H19ClN2O2. The summed E-state index contributed by atoms with van der Waals surface area (Å²) in [4.78, 5) is 13.4. The summed E-state index contributed by atoms with van der Waals surface area (Å²) >= 11 is 0. The molecule has 1 aromatic rings. The van der Waals surface area contributed by atoms with E-state index < -0.39 is 0 Å². The third-order valence-electron chi connectivity index (χ3n) is 2.53. The number of halogens is 1. The zero-order valence-corrected chi connectivity index (χ0v) is 10.7. The van der Waals surface area contributed by atoms with Crippen molar-refractivity contribution in [2.45, 2.75) is 26.4 Å². The van der Waals surface area contributed by atoms with Gasteiger partial charge in [0.25, 0.3) is 0 Å². The second kappa shape index (κ2) is 6.55. The average molecular weight is 247 g/mol. The Bertz CT molecular complexity index is 312. The molecule has 0 aliphatic carbocycles. The molecule has 2 unspecified atom stereocenters. The number of amides is 1. The smallest absolute Gasteiger partial charge is 0.227 e. The topological polar surface area (TPSA) is 59.5 Å². The van der Waals surface area contributed by atoms with Crippen LogP contribution in [0.1, 0.15) is 19.6 Å². The summed E-state index contributed by atoms with van der Waals surface area (Å²) in [6.45, 7) is 4.16. The zero-order valence-electron chi connectivity index (χ0n) is 9.84. The predicted octanol–water partition coefficient (Wildman–Crippen LogP) is 1.64. The SMILES string of the molecule is CC(N)C(C)C(=O)N(C)Cc1ccco1.Cl. The van der Waals surface area contributed by atoms with E-state index in [9.17, 15) is 4.79 Å². The zero-order chi connectivity index (χ0) is 11.4. The lowest BCUT2D eigenvalue weighted by atomic mass is 10.0. The number of furan rings is 1. The van der Waals surface area contributed by atoms with Crippen molar-refractivity contribution in [1.29, 1.82) is 0 Å². The highest BCUT2D eigenvalue weighted by Gasteiger charge is 2.21. The number of carbonyl (C=O) groups is 1. The molecule has 0 aliphatic rings. The maximum atomic E-state index is 11.8. The second-order valence-electron chi connectivity index (χ2n) is 3.92. The van der Waals surface area contributed by atoms with Gasteiger partial charge in [0, 0.05) is 13.1 Å². The highest BCUT2D eigenvalue weighted by molar-refractivity contribution is 5.85. The molecule has 0 radical (unpaired) electrons. The molecule has 0 saturated carbocycles. The molecule has 1 amide bonds. The summed E-state index contributed by atoms with van der Waals surface area (Å²) in [6, 6.07) is 3.53. The normalized spacial score (nSPS) is 13.8. The summed E-state index contributed by atoms with van der Waals surface area (Å²) in [5.41, 5.74) is 5.68. The minimum absolute atomic E-state index is 0. The van der Waals surface area contributed by atoms with Crippen LogP contribution in [0.3, 0.4) is 0 Å². The number of nitrogens with zero attached hydrogens (tertiary/aromatic N) is 1. The highest BCUT2D eigenvalue weighted by Crippen LogP contribution is 2.09. The maximum Gasteiger partial charge on any atom is 0.227 e. The first-order valence-electron chi connectivity index (χ1n) is 5.05. The van der Waals surface area contributed by atoms with Crippen molar-refractivity contribution in [3.05, 3.63) is 24.2 Å². The standard InChI is InChI=1S/C11H18N2O2.ClH/c1-8(9(2)12)11(14)13(3)7-10-5-4-6-15-10;/h4-6,8-9H,7,12H2,1-3H3;1H. The molecule has 92 valence electrons. The Labute approximate surface area is 102 Å². The lowest BCUT2D eigenvalue weighted by Gasteiger charge is -2.22. The van der Waals surface area contributed by atoms with Crippen LogP contribution < -0.4 is 5.73 Å². The molecule has 16 heavy (non-hydrogen) atoms. The van der Waals surface area contributed by atoms with E-state index in [-0.39, 0.29) is 30.3 Å². The van der Waals surface area contributed by atoms with Gasteiger partial charge in [-0.25, -0.2) is 0 Å². The van der Waals surface area contributed by atoms with Crippen LogP contribution >= 0.6 is 12.4 Å². The molecule has 0 aromatic carbocycles. The van der Waals surface area contributed by atoms with E-state index in [4.69, 9.17) is 10.2 Å². The van der Waals surface area contributed by atoms with Crippen molar-refractivity contribution < 1.29 is 9.21 Å². The van der Waals surface area contributed by atoms with E-state index in [1.165, 1.54) is 0 Å². The Kier molecular flexibility index (Phi) is 6.14. The monoisotopic (exact) mass is 246 g/mol. The van der Waals surface area contributed by atoms with Crippen LogP contribution in [-0.2, 0) is 11.3 Å². The van der Waals surface area contributed by atoms with Crippen molar-refractivity contribution in [1.82, 2.24) is 4.90 Å². The molecule has 5 heteroatoms. The van der Waals surface area contributed by atoms with Crippen LogP contribution in [0.25, 0.3) is 0 Å². The minimum atomic E-state index is -0.162. The van der Waals surface area contributed by atoms with Gasteiger partial charge >= 0.3 is 0 Å². The summed E-state index contributed by atoms with van der Waals surface area (Å²) in [6.07, 6.45) is 1.60. The lowest BCUT2D eigenvalue weighted by Crippen LogP contribution is -2.39. The van der Waals surface area contributed by atoms with Gasteiger partial charge in [-0.1, -0.05) is 6.92 Å². The van der Waals surface area contributed by atoms with Gasteiger partial charge in [0.15, 0.2) is 0 Å². The Morgan fingerprint density at radius 3 is 2.62 bits per heavy atom. The maximum absolute atomic E-state index is 11.8. The third kappa shape index (κ3) is 3.87. The molecule has 0 saturated heterocycles. The van der Waals surface area contributed by atoms with E-state index in [0.717, 1.165) is 5.76 Å². The molecule has 2 N–H and O–H groups in total. The van der Waals surface area contributed by atoms with Gasteiger partial charge in [-0.05, 0) is 19.1 Å². The largest absolute Gasteiger partial charge is 0.467 e. The van der Waals surface area contributed by atoms with Crippen molar-refractivity contribution >= 4 is 18.3 Å². The van der Waals surface area contributed by atoms with Crippen molar-refractivity contribution in [2.75, 3.05) is 7.05 Å². The molecule has 0 spiro atoms. The molecule has 2 atom stereocenters. The molecule has 0 bridgehead atoms. The minimum Gasteiger partial charge on any atom is -0.467 e. The first kappa shape index (κ1) is 15.0. The van der Waals surface area contributed by atoms with Gasteiger partial charge in [0.2, 0.25) is 5.91 Å². The van der Waals surface area contributed by atoms with Gasteiger partial charge in [-0.3, -0.25) is 4.79 Å². The van der Waals surface area contributed by atoms with Crippen LogP contribution in [-0.4, -0.2) is 23.9 Å². The predicted molar refractivity (Wildman–Crippen MR) is 65.2 cm³/mol. The van der Waals surface area contributed by atoms with Gasteiger partial charge in [0.1, 0.15) is 5.76 Å². The van der Waals surface area contributed by atoms with Crippen LogP contribution in [0, 0.1) is 5.92 Å². The van der Waals surface area contributed by atoms with Crippen molar-refractivity contribution in [2.24, 2.45) is 11.7 Å². The van der Waals surface area contributed by atoms with Gasteiger partial charge in [-0.15, -0.1) is 12.4 Å². The van der Waals surface area contributed by atoms with Gasteiger partial charge in [0.05, 0.1) is 18.7 Å². The number of nitrogens with two attached hydrogens (primary N) is 1. The Morgan fingerprint density at radius 1 is 1.56 bits per heavy atom. The van der Waals surface area contributed by atoms with Gasteiger partial charge < -0.3 is 15.1 Å². The van der Waals surface area contributed by atoms with Crippen LogP contribution in [0.4, 0.5) is 0 Å². The number of rotatable bonds is 4. The Balaban J connectivity index is 0.00000225. The van der Waals surface area contributed by atoms with Crippen molar-refractivity contribution in [3.63, 3.8) is 0 Å².